The molecule has 0 N–H and O–H groups in total. The molecule has 3 nitrogen and oxygen atoms in total. The molecule has 2 aromatic carbocycles. The van der Waals surface area contributed by atoms with Gasteiger partial charge in [0.25, 0.3) is 0 Å². The van der Waals surface area contributed by atoms with E-state index >= 15 is 0 Å². The quantitative estimate of drug-likeness (QED) is 0.681. The zero-order valence-corrected chi connectivity index (χ0v) is 16.4. The molecule has 0 aliphatic carbocycles. The minimum atomic E-state index is 0.820. The summed E-state index contributed by atoms with van der Waals surface area (Å²) in [5.41, 5.74) is 5.43. The third-order valence-electron chi connectivity index (χ3n) is 4.95. The van der Waals surface area contributed by atoms with Crippen LogP contribution in [0, 0.1) is 0 Å². The van der Waals surface area contributed by atoms with Crippen molar-refractivity contribution in [2.45, 2.75) is 16.2 Å². The molecule has 2 aromatic rings. The van der Waals surface area contributed by atoms with E-state index in [1.165, 1.54) is 32.2 Å². The fraction of sp³-hybridized carbons (Fsp3) is 0.364. The first-order chi connectivity index (χ1) is 12.7. The lowest BCUT2D eigenvalue weighted by Crippen LogP contribution is -2.36. The second-order valence-corrected chi connectivity index (χ2v) is 8.17. The molecule has 0 bridgehead atoms. The third-order valence-corrected chi connectivity index (χ3v) is 6.10. The van der Waals surface area contributed by atoms with Crippen LogP contribution in [-0.2, 0) is 4.74 Å². The first kappa shape index (κ1) is 17.7. The maximum absolute atomic E-state index is 5.52. The van der Waals surface area contributed by atoms with Gasteiger partial charge in [0.15, 0.2) is 0 Å². The van der Waals surface area contributed by atoms with E-state index in [0.29, 0.717) is 0 Å². The van der Waals surface area contributed by atoms with Crippen molar-refractivity contribution >= 4 is 23.0 Å². The van der Waals surface area contributed by atoms with Crippen LogP contribution >= 0.6 is 11.8 Å². The molecule has 136 valence electrons. The molecule has 0 atom stereocenters. The summed E-state index contributed by atoms with van der Waals surface area (Å²) in [5.74, 6) is 0. The van der Waals surface area contributed by atoms with Gasteiger partial charge in [0.2, 0.25) is 0 Å². The summed E-state index contributed by atoms with van der Waals surface area (Å²) < 4.78 is 5.52. The number of ether oxygens (including phenoxy) is 1. The Morgan fingerprint density at radius 3 is 2.62 bits per heavy atom. The van der Waals surface area contributed by atoms with E-state index in [1.807, 2.05) is 11.8 Å². The van der Waals surface area contributed by atoms with Gasteiger partial charge in [0.05, 0.1) is 13.2 Å². The van der Waals surface area contributed by atoms with E-state index in [1.54, 1.807) is 0 Å². The Hall–Kier alpha value is -1.75. The number of rotatable bonds is 4. The van der Waals surface area contributed by atoms with E-state index in [2.05, 4.69) is 72.4 Å². The summed E-state index contributed by atoms with van der Waals surface area (Å²) >= 11 is 1.89. The molecule has 4 heteroatoms. The van der Waals surface area contributed by atoms with Crippen molar-refractivity contribution < 1.29 is 4.74 Å². The van der Waals surface area contributed by atoms with Crippen LogP contribution in [0.2, 0.25) is 0 Å². The van der Waals surface area contributed by atoms with E-state index in [4.69, 9.17) is 4.74 Å². The molecule has 2 heterocycles. The first-order valence-electron chi connectivity index (χ1n) is 9.31. The second kappa shape index (κ2) is 7.87. The van der Waals surface area contributed by atoms with Crippen molar-refractivity contribution in [2.75, 3.05) is 51.8 Å². The Bertz CT molecular complexity index is 810. The number of morpholine rings is 1. The van der Waals surface area contributed by atoms with Crippen molar-refractivity contribution in [3.05, 3.63) is 59.7 Å². The number of benzene rings is 2. The van der Waals surface area contributed by atoms with Gasteiger partial charge in [-0.25, -0.2) is 0 Å². The largest absolute Gasteiger partial charge is 0.378 e. The van der Waals surface area contributed by atoms with E-state index in [0.717, 1.165) is 39.3 Å². The van der Waals surface area contributed by atoms with Crippen LogP contribution in [0.25, 0.3) is 5.57 Å². The Morgan fingerprint density at radius 1 is 1.04 bits per heavy atom. The zero-order valence-electron chi connectivity index (χ0n) is 15.6. The lowest BCUT2D eigenvalue weighted by atomic mass is 9.95. The Kier molecular flexibility index (Phi) is 5.34. The summed E-state index contributed by atoms with van der Waals surface area (Å²) in [6.45, 7) is 4.65. The maximum Gasteiger partial charge on any atom is 0.0642 e. The molecule has 4 rings (SSSR count). The first-order valence-corrected chi connectivity index (χ1v) is 10.1. The van der Waals surface area contributed by atoms with E-state index in [-0.39, 0.29) is 0 Å². The van der Waals surface area contributed by atoms with Crippen molar-refractivity contribution in [2.24, 2.45) is 0 Å². The second-order valence-electron chi connectivity index (χ2n) is 7.09. The van der Waals surface area contributed by atoms with E-state index in [9.17, 15) is 0 Å². The fourth-order valence-electron chi connectivity index (χ4n) is 3.56. The predicted octanol–water partition coefficient (Wildman–Crippen LogP) is 4.37. The highest BCUT2D eigenvalue weighted by atomic mass is 32.2. The molecule has 0 amide bonds. The van der Waals surface area contributed by atoms with Crippen LogP contribution in [0.1, 0.15) is 17.5 Å². The Morgan fingerprint density at radius 2 is 1.81 bits per heavy atom. The highest BCUT2D eigenvalue weighted by Gasteiger charge is 2.22. The summed E-state index contributed by atoms with van der Waals surface area (Å²) in [6, 6.07) is 15.7. The van der Waals surface area contributed by atoms with Gasteiger partial charge in [-0.15, -0.1) is 0 Å². The van der Waals surface area contributed by atoms with Gasteiger partial charge in [-0.2, -0.15) is 0 Å². The van der Waals surface area contributed by atoms with Crippen LogP contribution < -0.4 is 4.90 Å². The number of nitrogens with zero attached hydrogens (tertiary/aromatic N) is 2. The molecule has 0 aromatic heterocycles. The van der Waals surface area contributed by atoms with Crippen molar-refractivity contribution in [1.82, 2.24) is 4.90 Å². The number of fused-ring (bicyclic) bond motifs is 2. The Balaban J connectivity index is 1.72. The normalized spacial score (nSPS) is 18.1. The molecular weight excluding hydrogens is 340 g/mol. The molecule has 0 unspecified atom stereocenters. The van der Waals surface area contributed by atoms with Gasteiger partial charge in [-0.05, 0) is 61.5 Å². The molecule has 1 fully saturated rings. The smallest absolute Gasteiger partial charge is 0.0642 e. The SMILES string of the molecule is CN(C)CC/C=C1\c2ccccc2Sc2ccc(N3CCOCC3)cc21. The lowest BCUT2D eigenvalue weighted by Gasteiger charge is -2.30. The summed E-state index contributed by atoms with van der Waals surface area (Å²) in [4.78, 5) is 7.39. The molecule has 26 heavy (non-hydrogen) atoms. The van der Waals surface area contributed by atoms with Crippen molar-refractivity contribution in [3.63, 3.8) is 0 Å². The van der Waals surface area contributed by atoms with Gasteiger partial charge in [-0.1, -0.05) is 36.0 Å². The van der Waals surface area contributed by atoms with Crippen LogP contribution in [-0.4, -0.2) is 51.8 Å². The third kappa shape index (κ3) is 3.68. The van der Waals surface area contributed by atoms with Gasteiger partial charge >= 0.3 is 0 Å². The maximum atomic E-state index is 5.52. The van der Waals surface area contributed by atoms with Gasteiger partial charge in [0, 0.05) is 35.1 Å². The molecule has 0 spiro atoms. The zero-order chi connectivity index (χ0) is 17.9. The summed E-state index contributed by atoms with van der Waals surface area (Å²) in [5, 5.41) is 0. The average Bonchev–Trinajstić information content (AvgIpc) is 2.67. The molecule has 2 aliphatic heterocycles. The van der Waals surface area contributed by atoms with E-state index < -0.39 is 0 Å². The van der Waals surface area contributed by atoms with Crippen molar-refractivity contribution in [3.8, 4) is 0 Å². The molecule has 0 saturated carbocycles. The molecule has 2 aliphatic rings. The van der Waals surface area contributed by atoms with Crippen LogP contribution in [0.4, 0.5) is 5.69 Å². The predicted molar refractivity (Wildman–Crippen MR) is 110 cm³/mol. The highest BCUT2D eigenvalue weighted by Crippen LogP contribution is 2.46. The van der Waals surface area contributed by atoms with Gasteiger partial charge < -0.3 is 14.5 Å². The van der Waals surface area contributed by atoms with Gasteiger partial charge in [0.1, 0.15) is 0 Å². The fourth-order valence-corrected chi connectivity index (χ4v) is 4.65. The molecule has 1 saturated heterocycles. The van der Waals surface area contributed by atoms with Crippen LogP contribution in [0.15, 0.2) is 58.3 Å². The topological polar surface area (TPSA) is 15.7 Å². The summed E-state index contributed by atoms with van der Waals surface area (Å²) in [7, 11) is 4.27. The number of hydrogen-bond acceptors (Lipinski definition) is 4. The monoisotopic (exact) mass is 366 g/mol. The minimum Gasteiger partial charge on any atom is -0.378 e. The van der Waals surface area contributed by atoms with Crippen LogP contribution in [0.5, 0.6) is 0 Å². The molecule has 0 radical (unpaired) electrons. The van der Waals surface area contributed by atoms with Crippen LogP contribution in [0.3, 0.4) is 0 Å². The number of hydrogen-bond donors (Lipinski definition) is 0. The standard InChI is InChI=1S/C22H26N2OS/c1-23(2)11-5-7-18-19-6-3-4-8-21(19)26-22-10-9-17(16-20(18)22)24-12-14-25-15-13-24/h3-4,6-10,16H,5,11-15H2,1-2H3/b18-7+. The average molecular weight is 367 g/mol. The Labute approximate surface area is 160 Å². The lowest BCUT2D eigenvalue weighted by molar-refractivity contribution is 0.122. The van der Waals surface area contributed by atoms with Gasteiger partial charge in [-0.3, -0.25) is 0 Å². The summed E-state index contributed by atoms with van der Waals surface area (Å²) in [6.07, 6.45) is 3.48. The van der Waals surface area contributed by atoms with Crippen molar-refractivity contribution in [1.29, 1.82) is 0 Å². The number of anilines is 1. The highest BCUT2D eigenvalue weighted by molar-refractivity contribution is 7.99. The molecular formula is C22H26N2OS. The minimum absolute atomic E-state index is 0.820.